The van der Waals surface area contributed by atoms with Gasteiger partial charge in [0.15, 0.2) is 11.4 Å². The minimum Gasteiger partial charge on any atom is -0.436 e. The van der Waals surface area contributed by atoms with Crippen LogP contribution in [0.15, 0.2) is 30.5 Å². The average Bonchev–Trinajstić information content (AvgIpc) is 3.69. The van der Waals surface area contributed by atoms with Gasteiger partial charge in [-0.25, -0.2) is 14.2 Å². The maximum atomic E-state index is 15.2. The first-order valence-corrected chi connectivity index (χ1v) is 12.4. The Morgan fingerprint density at radius 2 is 2.17 bits per heavy atom. The molecule has 1 saturated carbocycles. The fourth-order valence-electron chi connectivity index (χ4n) is 5.04. The number of halogens is 2. The number of hydrogen-bond acceptors (Lipinski definition) is 6. The Morgan fingerprint density at radius 1 is 1.36 bits per heavy atom. The lowest BCUT2D eigenvalue weighted by atomic mass is 9.82. The molecule has 3 heterocycles. The zero-order valence-corrected chi connectivity index (χ0v) is 20.5. The minimum absolute atomic E-state index is 0.0281. The average molecular weight is 516 g/mol. The van der Waals surface area contributed by atoms with Gasteiger partial charge in [0.05, 0.1) is 22.8 Å². The van der Waals surface area contributed by atoms with Gasteiger partial charge in [-0.1, -0.05) is 24.4 Å². The van der Waals surface area contributed by atoms with E-state index in [1.165, 1.54) is 18.3 Å². The number of nitrogens with one attached hydrogen (secondary N) is 3. The lowest BCUT2D eigenvalue weighted by Gasteiger charge is -2.45. The molecule has 0 bridgehead atoms. The number of nitrogens with zero attached hydrogens (tertiary/aromatic N) is 2. The van der Waals surface area contributed by atoms with Crippen molar-refractivity contribution >= 4 is 41.0 Å². The van der Waals surface area contributed by atoms with Gasteiger partial charge in [0, 0.05) is 25.4 Å². The summed E-state index contributed by atoms with van der Waals surface area (Å²) >= 11 is 6.05. The summed E-state index contributed by atoms with van der Waals surface area (Å²) in [4.78, 5) is 44.8. The maximum absolute atomic E-state index is 15.2. The Bertz CT molecular complexity index is 1220. The van der Waals surface area contributed by atoms with Gasteiger partial charge in [0.1, 0.15) is 11.9 Å². The molecule has 2 aromatic rings. The molecule has 3 N–H and O–H groups in total. The van der Waals surface area contributed by atoms with E-state index in [0.29, 0.717) is 43.1 Å². The smallest absolute Gasteiger partial charge is 0.412 e. The molecule has 0 radical (unpaired) electrons. The van der Waals surface area contributed by atoms with Gasteiger partial charge in [0.25, 0.3) is 5.91 Å². The zero-order valence-electron chi connectivity index (χ0n) is 19.8. The van der Waals surface area contributed by atoms with E-state index in [4.69, 9.17) is 16.3 Å². The van der Waals surface area contributed by atoms with Crippen molar-refractivity contribution in [2.45, 2.75) is 43.7 Å². The fourth-order valence-corrected chi connectivity index (χ4v) is 5.20. The number of hydrogen-bond donors (Lipinski definition) is 3. The number of benzene rings is 1. The molecule has 1 aromatic carbocycles. The molecule has 36 heavy (non-hydrogen) atoms. The van der Waals surface area contributed by atoms with Crippen LogP contribution in [0.3, 0.4) is 0 Å². The van der Waals surface area contributed by atoms with Crippen LogP contribution in [-0.4, -0.2) is 54.0 Å². The standard InChI is InChI=1S/C25H27ClFN5O4/c1-28-19-12-15(7-9-29-19)22(33)30-18(11-14-3-4-14)23(34)32-10-2-8-25(13-32)20-17(31-24(35)36-25)6-5-16(26)21(20)27/h5-7,9,12,14,18H,2-4,8,10-11,13H2,1H3,(H,28,29)(H,30,33)(H,31,35)/t18?,25-/m0/s1. The molecule has 1 spiro atoms. The Balaban J connectivity index is 1.40. The number of amides is 3. The number of carbonyl (C=O) groups is 3. The number of aromatic nitrogens is 1. The molecule has 5 rings (SSSR count). The minimum atomic E-state index is -1.36. The van der Waals surface area contributed by atoms with Crippen molar-refractivity contribution in [3.63, 3.8) is 0 Å². The van der Waals surface area contributed by atoms with Crippen molar-refractivity contribution in [2.24, 2.45) is 5.92 Å². The van der Waals surface area contributed by atoms with Crippen molar-refractivity contribution in [1.29, 1.82) is 0 Å². The predicted molar refractivity (Wildman–Crippen MR) is 131 cm³/mol. The third kappa shape index (κ3) is 4.69. The van der Waals surface area contributed by atoms with E-state index in [9.17, 15) is 14.4 Å². The normalized spacial score (nSPS) is 21.8. The Kier molecular flexibility index (Phi) is 6.46. The number of pyridine rings is 1. The third-order valence-corrected chi connectivity index (χ3v) is 7.28. The number of fused-ring (bicyclic) bond motifs is 2. The number of anilines is 2. The van der Waals surface area contributed by atoms with Crippen LogP contribution in [0.4, 0.5) is 20.7 Å². The summed E-state index contributed by atoms with van der Waals surface area (Å²) in [6.45, 7) is 0.374. The molecule has 3 aliphatic rings. The van der Waals surface area contributed by atoms with Gasteiger partial charge in [-0.3, -0.25) is 14.9 Å². The lowest BCUT2D eigenvalue weighted by molar-refractivity contribution is -0.141. The van der Waals surface area contributed by atoms with E-state index in [-0.39, 0.29) is 34.6 Å². The zero-order chi connectivity index (χ0) is 25.4. The van der Waals surface area contributed by atoms with Crippen molar-refractivity contribution in [3.8, 4) is 0 Å². The van der Waals surface area contributed by atoms with Crippen LogP contribution >= 0.6 is 11.6 Å². The summed E-state index contributed by atoms with van der Waals surface area (Å²) in [6.07, 6.45) is 4.17. The molecular formula is C25H27ClFN5O4. The van der Waals surface area contributed by atoms with E-state index in [0.717, 1.165) is 12.8 Å². The number of piperidine rings is 1. The van der Waals surface area contributed by atoms with E-state index in [1.54, 1.807) is 24.1 Å². The highest BCUT2D eigenvalue weighted by Crippen LogP contribution is 2.45. The second-order valence-electron chi connectivity index (χ2n) is 9.54. The summed E-state index contributed by atoms with van der Waals surface area (Å²) in [6, 6.07) is 5.35. The monoisotopic (exact) mass is 515 g/mol. The van der Waals surface area contributed by atoms with Crippen LogP contribution in [0.5, 0.6) is 0 Å². The van der Waals surface area contributed by atoms with Crippen LogP contribution < -0.4 is 16.0 Å². The highest BCUT2D eigenvalue weighted by molar-refractivity contribution is 6.31. The summed E-state index contributed by atoms with van der Waals surface area (Å²) in [5, 5.41) is 8.22. The molecular weight excluding hydrogens is 489 g/mol. The van der Waals surface area contributed by atoms with Crippen molar-refractivity contribution < 1.29 is 23.5 Å². The van der Waals surface area contributed by atoms with Crippen LogP contribution in [0, 0.1) is 11.7 Å². The van der Waals surface area contributed by atoms with Gasteiger partial charge < -0.3 is 20.3 Å². The Hall–Kier alpha value is -3.40. The fraction of sp³-hybridized carbons (Fsp3) is 0.440. The van der Waals surface area contributed by atoms with Crippen LogP contribution in [0.25, 0.3) is 0 Å². The van der Waals surface area contributed by atoms with Gasteiger partial charge in [-0.05, 0) is 49.4 Å². The van der Waals surface area contributed by atoms with E-state index < -0.39 is 23.6 Å². The SMILES string of the molecule is CNc1cc(C(=O)NC(CC2CC2)C(=O)N2CCC[C@@]3(C2)OC(=O)Nc2ccc(Cl)c(F)c23)ccn1. The lowest BCUT2D eigenvalue weighted by Crippen LogP contribution is -2.57. The molecule has 11 heteroatoms. The van der Waals surface area contributed by atoms with E-state index in [1.807, 2.05) is 0 Å². The highest BCUT2D eigenvalue weighted by Gasteiger charge is 2.49. The second-order valence-corrected chi connectivity index (χ2v) is 9.95. The van der Waals surface area contributed by atoms with Crippen LogP contribution in [0.2, 0.25) is 5.02 Å². The number of carbonyl (C=O) groups excluding carboxylic acids is 3. The van der Waals surface area contributed by atoms with Gasteiger partial charge >= 0.3 is 6.09 Å². The Morgan fingerprint density at radius 3 is 2.92 bits per heavy atom. The van der Waals surface area contributed by atoms with Crippen molar-refractivity contribution in [1.82, 2.24) is 15.2 Å². The Labute approximate surface area is 212 Å². The summed E-state index contributed by atoms with van der Waals surface area (Å²) in [7, 11) is 1.71. The largest absolute Gasteiger partial charge is 0.436 e. The topological polar surface area (TPSA) is 113 Å². The second kappa shape index (κ2) is 9.57. The maximum Gasteiger partial charge on any atom is 0.412 e. The summed E-state index contributed by atoms with van der Waals surface area (Å²) in [5.41, 5.74) is -0.549. The first-order valence-electron chi connectivity index (χ1n) is 12.0. The van der Waals surface area contributed by atoms with Gasteiger partial charge in [-0.15, -0.1) is 0 Å². The molecule has 1 aromatic heterocycles. The molecule has 1 saturated heterocycles. The predicted octanol–water partition coefficient (Wildman–Crippen LogP) is 3.89. The molecule has 3 amide bonds. The summed E-state index contributed by atoms with van der Waals surface area (Å²) in [5.74, 6) is -0.439. The van der Waals surface area contributed by atoms with Crippen LogP contribution in [0.1, 0.15) is 48.0 Å². The first-order chi connectivity index (χ1) is 17.3. The number of likely N-dealkylation sites (tertiary alicyclic amines) is 1. The highest BCUT2D eigenvalue weighted by atomic mass is 35.5. The number of rotatable bonds is 6. The molecule has 2 aliphatic heterocycles. The van der Waals surface area contributed by atoms with Crippen molar-refractivity contribution in [2.75, 3.05) is 30.8 Å². The molecule has 1 unspecified atom stereocenters. The molecule has 2 fully saturated rings. The van der Waals surface area contributed by atoms with Crippen molar-refractivity contribution in [3.05, 3.63) is 52.4 Å². The van der Waals surface area contributed by atoms with Crippen LogP contribution in [-0.2, 0) is 15.1 Å². The molecule has 1 aliphatic carbocycles. The van der Waals surface area contributed by atoms with E-state index in [2.05, 4.69) is 20.9 Å². The molecule has 9 nitrogen and oxygen atoms in total. The van der Waals surface area contributed by atoms with Gasteiger partial charge in [-0.2, -0.15) is 0 Å². The first kappa shape index (κ1) is 24.3. The molecule has 2 atom stereocenters. The quantitative estimate of drug-likeness (QED) is 0.538. The van der Waals surface area contributed by atoms with E-state index >= 15 is 4.39 Å². The third-order valence-electron chi connectivity index (χ3n) is 6.99. The van der Waals surface area contributed by atoms with Gasteiger partial charge in [0.2, 0.25) is 5.91 Å². The molecule has 190 valence electrons. The number of ether oxygens (including phenoxy) is 1. The summed E-state index contributed by atoms with van der Waals surface area (Å²) < 4.78 is 20.9.